The average Bonchev–Trinajstić information content (AvgIpc) is 3.17. The SMILES string of the molecule is CN(C)C(=O)c1cn[nH]c1[C@]1(C)CCCN(Cc2ncc[nH]2)C1. The Morgan fingerprint density at radius 1 is 1.48 bits per heavy atom. The molecular weight excluding hydrogens is 292 g/mol. The Labute approximate surface area is 136 Å². The van der Waals surface area contributed by atoms with Crippen molar-refractivity contribution in [2.24, 2.45) is 0 Å². The fraction of sp³-hybridized carbons (Fsp3) is 0.562. The van der Waals surface area contributed by atoms with Gasteiger partial charge in [0.15, 0.2) is 0 Å². The molecule has 1 amide bonds. The minimum atomic E-state index is -0.109. The van der Waals surface area contributed by atoms with Gasteiger partial charge in [-0.2, -0.15) is 5.10 Å². The van der Waals surface area contributed by atoms with Crippen molar-refractivity contribution >= 4 is 5.91 Å². The molecule has 2 aromatic heterocycles. The third-order valence-electron chi connectivity index (χ3n) is 4.58. The minimum absolute atomic E-state index is 0.00173. The van der Waals surface area contributed by atoms with E-state index < -0.39 is 0 Å². The van der Waals surface area contributed by atoms with Gasteiger partial charge in [0, 0.05) is 38.4 Å². The van der Waals surface area contributed by atoms with Crippen molar-refractivity contribution in [1.29, 1.82) is 0 Å². The molecule has 0 unspecified atom stereocenters. The van der Waals surface area contributed by atoms with Crippen molar-refractivity contribution in [2.75, 3.05) is 27.2 Å². The first kappa shape index (κ1) is 15.7. The third kappa shape index (κ3) is 3.14. The molecule has 1 atom stereocenters. The van der Waals surface area contributed by atoms with Crippen LogP contribution in [0.4, 0.5) is 0 Å². The summed E-state index contributed by atoms with van der Waals surface area (Å²) < 4.78 is 0. The largest absolute Gasteiger partial charge is 0.348 e. The molecule has 1 fully saturated rings. The second-order valence-electron chi connectivity index (χ2n) is 6.77. The first-order valence-electron chi connectivity index (χ1n) is 7.96. The number of carbonyl (C=O) groups excluding carboxylic acids is 1. The summed E-state index contributed by atoms with van der Waals surface area (Å²) in [5.41, 5.74) is 1.51. The lowest BCUT2D eigenvalue weighted by molar-refractivity contribution is 0.0820. The quantitative estimate of drug-likeness (QED) is 0.893. The summed E-state index contributed by atoms with van der Waals surface area (Å²) in [4.78, 5) is 23.8. The van der Waals surface area contributed by atoms with Crippen LogP contribution in [0.15, 0.2) is 18.6 Å². The predicted octanol–water partition coefficient (Wildman–Crippen LogP) is 1.39. The standard InChI is InChI=1S/C16H24N6O/c1-16(14-12(9-19-20-14)15(23)21(2)3)5-4-8-22(11-16)10-13-17-6-7-18-13/h6-7,9H,4-5,8,10-11H2,1-3H3,(H,17,18)(H,19,20)/t16-/m1/s1. The van der Waals surface area contributed by atoms with Crippen LogP contribution in [-0.2, 0) is 12.0 Å². The molecule has 3 rings (SSSR count). The van der Waals surface area contributed by atoms with Gasteiger partial charge in [-0.3, -0.25) is 14.8 Å². The summed E-state index contributed by atoms with van der Waals surface area (Å²) in [6, 6.07) is 0. The van der Waals surface area contributed by atoms with Crippen molar-refractivity contribution < 1.29 is 4.79 Å². The molecular formula is C16H24N6O. The molecule has 124 valence electrons. The van der Waals surface area contributed by atoms with Gasteiger partial charge in [-0.25, -0.2) is 4.98 Å². The fourth-order valence-corrected chi connectivity index (χ4v) is 3.43. The maximum atomic E-state index is 12.4. The monoisotopic (exact) mass is 316 g/mol. The number of amides is 1. The number of H-pyrrole nitrogens is 2. The van der Waals surface area contributed by atoms with Crippen molar-refractivity contribution in [3.05, 3.63) is 35.7 Å². The maximum Gasteiger partial charge on any atom is 0.256 e. The summed E-state index contributed by atoms with van der Waals surface area (Å²) in [6.07, 6.45) is 7.40. The summed E-state index contributed by atoms with van der Waals surface area (Å²) in [5, 5.41) is 7.22. The summed E-state index contributed by atoms with van der Waals surface area (Å²) in [6.45, 7) is 4.93. The van der Waals surface area contributed by atoms with Crippen molar-refractivity contribution in [2.45, 2.75) is 31.7 Å². The number of imidazole rings is 1. The van der Waals surface area contributed by atoms with E-state index in [0.717, 1.165) is 44.0 Å². The zero-order valence-corrected chi connectivity index (χ0v) is 14.0. The van der Waals surface area contributed by atoms with Crippen LogP contribution in [0.25, 0.3) is 0 Å². The van der Waals surface area contributed by atoms with Crippen LogP contribution in [0.3, 0.4) is 0 Å². The van der Waals surface area contributed by atoms with Gasteiger partial charge in [-0.05, 0) is 19.4 Å². The number of hydrogen-bond donors (Lipinski definition) is 2. The fourth-order valence-electron chi connectivity index (χ4n) is 3.43. The smallest absolute Gasteiger partial charge is 0.256 e. The van der Waals surface area contributed by atoms with E-state index >= 15 is 0 Å². The first-order chi connectivity index (χ1) is 11.0. The lowest BCUT2D eigenvalue weighted by atomic mass is 9.77. The molecule has 0 aromatic carbocycles. The zero-order chi connectivity index (χ0) is 16.4. The van der Waals surface area contributed by atoms with E-state index in [1.54, 1.807) is 31.4 Å². The summed E-state index contributed by atoms with van der Waals surface area (Å²) in [7, 11) is 3.54. The molecule has 2 N–H and O–H groups in total. The molecule has 1 aliphatic heterocycles. The lowest BCUT2D eigenvalue weighted by Crippen LogP contribution is -2.45. The lowest BCUT2D eigenvalue weighted by Gasteiger charge is -2.40. The van der Waals surface area contributed by atoms with Crippen LogP contribution < -0.4 is 0 Å². The number of aromatic nitrogens is 4. The van der Waals surface area contributed by atoms with E-state index in [-0.39, 0.29) is 11.3 Å². The molecule has 1 saturated heterocycles. The molecule has 1 aliphatic rings. The van der Waals surface area contributed by atoms with Gasteiger partial charge in [0.05, 0.1) is 24.0 Å². The Hall–Kier alpha value is -2.15. The Bertz CT molecular complexity index is 662. The van der Waals surface area contributed by atoms with Crippen LogP contribution in [0.5, 0.6) is 0 Å². The van der Waals surface area contributed by atoms with Crippen LogP contribution in [-0.4, -0.2) is 63.1 Å². The molecule has 3 heterocycles. The van der Waals surface area contributed by atoms with Gasteiger partial charge in [-0.1, -0.05) is 6.92 Å². The highest BCUT2D eigenvalue weighted by molar-refractivity contribution is 5.95. The molecule has 2 aromatic rings. The highest BCUT2D eigenvalue weighted by Gasteiger charge is 2.37. The number of rotatable bonds is 4. The topological polar surface area (TPSA) is 80.9 Å². The molecule has 7 nitrogen and oxygen atoms in total. The average molecular weight is 316 g/mol. The molecule has 0 aliphatic carbocycles. The Morgan fingerprint density at radius 3 is 3.00 bits per heavy atom. The zero-order valence-electron chi connectivity index (χ0n) is 14.0. The molecule has 0 saturated carbocycles. The highest BCUT2D eigenvalue weighted by atomic mass is 16.2. The second kappa shape index (κ2) is 6.16. The highest BCUT2D eigenvalue weighted by Crippen LogP contribution is 2.35. The molecule has 0 radical (unpaired) electrons. The Morgan fingerprint density at radius 2 is 2.30 bits per heavy atom. The van der Waals surface area contributed by atoms with Crippen molar-refractivity contribution in [3.63, 3.8) is 0 Å². The Balaban J connectivity index is 1.81. The van der Waals surface area contributed by atoms with Crippen LogP contribution in [0.2, 0.25) is 0 Å². The van der Waals surface area contributed by atoms with Crippen LogP contribution in [0, 0.1) is 0 Å². The van der Waals surface area contributed by atoms with Crippen molar-refractivity contribution in [1.82, 2.24) is 30.0 Å². The van der Waals surface area contributed by atoms with Gasteiger partial charge in [0.2, 0.25) is 0 Å². The number of nitrogens with one attached hydrogen (secondary N) is 2. The summed E-state index contributed by atoms with van der Waals surface area (Å²) >= 11 is 0. The predicted molar refractivity (Wildman–Crippen MR) is 87.1 cm³/mol. The van der Waals surface area contributed by atoms with Gasteiger partial charge >= 0.3 is 0 Å². The molecule has 23 heavy (non-hydrogen) atoms. The number of likely N-dealkylation sites (tertiary alicyclic amines) is 1. The van der Waals surface area contributed by atoms with E-state index in [1.807, 2.05) is 6.20 Å². The van der Waals surface area contributed by atoms with Crippen LogP contribution >= 0.6 is 0 Å². The van der Waals surface area contributed by atoms with Crippen LogP contribution in [0.1, 0.15) is 41.6 Å². The number of aromatic amines is 2. The number of nitrogens with zero attached hydrogens (tertiary/aromatic N) is 4. The van der Waals surface area contributed by atoms with Gasteiger partial charge in [-0.15, -0.1) is 0 Å². The maximum absolute atomic E-state index is 12.4. The number of carbonyl (C=O) groups is 1. The normalized spacial score (nSPS) is 22.2. The first-order valence-corrected chi connectivity index (χ1v) is 7.96. The van der Waals surface area contributed by atoms with Gasteiger partial charge in [0.1, 0.15) is 5.82 Å². The van der Waals surface area contributed by atoms with Gasteiger partial charge in [0.25, 0.3) is 5.91 Å². The summed E-state index contributed by atoms with van der Waals surface area (Å²) in [5.74, 6) is 0.974. The second-order valence-corrected chi connectivity index (χ2v) is 6.77. The van der Waals surface area contributed by atoms with E-state index in [0.29, 0.717) is 5.56 Å². The molecule has 7 heteroatoms. The van der Waals surface area contributed by atoms with E-state index in [4.69, 9.17) is 0 Å². The third-order valence-corrected chi connectivity index (χ3v) is 4.58. The van der Waals surface area contributed by atoms with E-state index in [2.05, 4.69) is 32.0 Å². The number of piperidine rings is 1. The minimum Gasteiger partial charge on any atom is -0.348 e. The Kier molecular flexibility index (Phi) is 4.21. The van der Waals surface area contributed by atoms with Gasteiger partial charge < -0.3 is 9.88 Å². The van der Waals surface area contributed by atoms with Crippen molar-refractivity contribution in [3.8, 4) is 0 Å². The van der Waals surface area contributed by atoms with E-state index in [9.17, 15) is 4.79 Å². The molecule has 0 spiro atoms. The molecule has 0 bridgehead atoms. The number of hydrogen-bond acceptors (Lipinski definition) is 4. The van der Waals surface area contributed by atoms with E-state index in [1.165, 1.54) is 0 Å².